The molecule has 1 aromatic carbocycles. The summed E-state index contributed by atoms with van der Waals surface area (Å²) in [7, 11) is 0. The highest BCUT2D eigenvalue weighted by molar-refractivity contribution is 5.91. The first-order chi connectivity index (χ1) is 14.0. The second-order valence-corrected chi connectivity index (χ2v) is 7.75. The minimum atomic E-state index is -0.755. The summed E-state index contributed by atoms with van der Waals surface area (Å²) in [6.45, 7) is -0.0626. The number of ketones is 1. The van der Waals surface area contributed by atoms with Crippen molar-refractivity contribution in [2.45, 2.75) is 32.1 Å². The molecule has 0 saturated heterocycles. The second kappa shape index (κ2) is 10.2. The van der Waals surface area contributed by atoms with Gasteiger partial charge in [0.15, 0.2) is 12.4 Å². The molecule has 2 aliphatic carbocycles. The predicted molar refractivity (Wildman–Crippen MR) is 109 cm³/mol. The molecule has 154 valence electrons. The number of rotatable bonds is 11. The number of carboxylic acid groups (broad SMARTS) is 1. The molecule has 1 aromatic rings. The Morgan fingerprint density at radius 3 is 2.66 bits per heavy atom. The Morgan fingerprint density at radius 1 is 1.14 bits per heavy atom. The molecule has 0 radical (unpaired) electrons. The third-order valence-electron chi connectivity index (χ3n) is 5.72. The number of hydrogen-bond acceptors (Lipinski definition) is 3. The van der Waals surface area contributed by atoms with Crippen molar-refractivity contribution in [1.29, 1.82) is 0 Å². The van der Waals surface area contributed by atoms with Crippen molar-refractivity contribution >= 4 is 11.8 Å². The highest BCUT2D eigenvalue weighted by atomic mass is 19.1. The second-order valence-electron chi connectivity index (χ2n) is 7.75. The highest BCUT2D eigenvalue weighted by Crippen LogP contribution is 2.50. The summed E-state index contributed by atoms with van der Waals surface area (Å²) in [6.07, 6.45) is 16.1. The van der Waals surface area contributed by atoms with Gasteiger partial charge in [0.2, 0.25) is 0 Å². The molecule has 1 saturated carbocycles. The topological polar surface area (TPSA) is 63.6 Å². The van der Waals surface area contributed by atoms with Gasteiger partial charge in [-0.3, -0.25) is 9.59 Å². The Balaban J connectivity index is 1.47. The summed E-state index contributed by atoms with van der Waals surface area (Å²) in [6, 6.07) is 5.62. The van der Waals surface area contributed by atoms with E-state index in [-0.39, 0.29) is 24.6 Å². The van der Waals surface area contributed by atoms with E-state index < -0.39 is 5.97 Å². The molecular formula is C24H27FO4. The first kappa shape index (κ1) is 21.0. The number of aliphatic carboxylic acids is 1. The zero-order valence-electron chi connectivity index (χ0n) is 16.4. The lowest BCUT2D eigenvalue weighted by molar-refractivity contribution is -0.137. The smallest absolute Gasteiger partial charge is 0.303 e. The standard InChI is InChI=1S/C24H27FO4/c25-19-9-12-21(13-10-19)29-16-20(26)11-14-23-18-8-7-17(15-18)22(23)5-3-1-2-4-6-24(27)28/h1,3,7-14,17-18,22-23H,2,4-6,15-16H2,(H,27,28)/b3-1-,14-11+/t17?,18?,22-,23-/m0/s1. The van der Waals surface area contributed by atoms with Crippen LogP contribution in [0.15, 0.2) is 60.7 Å². The predicted octanol–water partition coefficient (Wildman–Crippen LogP) is 4.97. The number of hydrogen-bond donors (Lipinski definition) is 1. The number of fused-ring (bicyclic) bond motifs is 2. The van der Waals surface area contributed by atoms with E-state index in [1.807, 2.05) is 6.08 Å². The van der Waals surface area contributed by atoms with Gasteiger partial charge in [0.25, 0.3) is 0 Å². The fraction of sp³-hybridized carbons (Fsp3) is 0.417. The van der Waals surface area contributed by atoms with Crippen molar-refractivity contribution in [3.63, 3.8) is 0 Å². The van der Waals surface area contributed by atoms with Gasteiger partial charge in [0, 0.05) is 6.42 Å². The van der Waals surface area contributed by atoms with Crippen LogP contribution in [0, 0.1) is 29.5 Å². The zero-order valence-corrected chi connectivity index (χ0v) is 16.4. The largest absolute Gasteiger partial charge is 0.485 e. The van der Waals surface area contributed by atoms with Crippen molar-refractivity contribution in [3.05, 3.63) is 66.5 Å². The lowest BCUT2D eigenvalue weighted by atomic mass is 9.80. The normalized spacial score (nSPS) is 25.3. The maximum absolute atomic E-state index is 12.9. The van der Waals surface area contributed by atoms with Crippen LogP contribution in [0.25, 0.3) is 0 Å². The van der Waals surface area contributed by atoms with Gasteiger partial charge in [0.05, 0.1) is 0 Å². The van der Waals surface area contributed by atoms with Crippen molar-refractivity contribution in [3.8, 4) is 5.75 Å². The SMILES string of the molecule is O=C(O)CCC/C=C\C[C@H]1C2C=CC(C2)[C@@H]1/C=C/C(=O)COc1ccc(F)cc1. The quantitative estimate of drug-likeness (QED) is 0.325. The number of carboxylic acids is 1. The summed E-state index contributed by atoms with van der Waals surface area (Å²) >= 11 is 0. The number of allylic oxidation sites excluding steroid dienone is 5. The molecule has 2 unspecified atom stereocenters. The number of carbonyl (C=O) groups excluding carboxylic acids is 1. The average molecular weight is 398 g/mol. The first-order valence-corrected chi connectivity index (χ1v) is 10.2. The summed E-state index contributed by atoms with van der Waals surface area (Å²) < 4.78 is 18.3. The van der Waals surface area contributed by atoms with E-state index in [2.05, 4.69) is 24.3 Å². The molecule has 0 heterocycles. The van der Waals surface area contributed by atoms with Crippen LogP contribution in [0.2, 0.25) is 0 Å². The molecule has 2 aliphatic rings. The van der Waals surface area contributed by atoms with E-state index in [0.29, 0.717) is 35.8 Å². The van der Waals surface area contributed by atoms with Crippen molar-refractivity contribution in [1.82, 2.24) is 0 Å². The molecule has 1 fully saturated rings. The van der Waals surface area contributed by atoms with Gasteiger partial charge in [-0.05, 0) is 79.7 Å². The third kappa shape index (κ3) is 6.14. The summed E-state index contributed by atoms with van der Waals surface area (Å²) in [5.74, 6) is 1.11. The molecule has 2 bridgehead atoms. The maximum Gasteiger partial charge on any atom is 0.303 e. The average Bonchev–Trinajstić information content (AvgIpc) is 3.30. The van der Waals surface area contributed by atoms with Crippen LogP contribution in [0.5, 0.6) is 5.75 Å². The molecule has 3 rings (SSSR count). The number of ether oxygens (including phenoxy) is 1. The summed E-state index contributed by atoms with van der Waals surface area (Å²) in [5.41, 5.74) is 0. The molecule has 1 N–H and O–H groups in total. The molecule has 0 spiro atoms. The van der Waals surface area contributed by atoms with Crippen molar-refractivity contribution in [2.75, 3.05) is 6.61 Å². The van der Waals surface area contributed by atoms with Gasteiger partial charge in [-0.15, -0.1) is 0 Å². The molecule has 0 aliphatic heterocycles. The van der Waals surface area contributed by atoms with Crippen LogP contribution in [0.4, 0.5) is 4.39 Å². The molecule has 29 heavy (non-hydrogen) atoms. The third-order valence-corrected chi connectivity index (χ3v) is 5.72. The van der Waals surface area contributed by atoms with Gasteiger partial charge in [-0.1, -0.05) is 30.4 Å². The fourth-order valence-corrected chi connectivity index (χ4v) is 4.27. The van der Waals surface area contributed by atoms with Crippen LogP contribution >= 0.6 is 0 Å². The van der Waals surface area contributed by atoms with Gasteiger partial charge in [-0.2, -0.15) is 0 Å². The van der Waals surface area contributed by atoms with Gasteiger partial charge >= 0.3 is 5.97 Å². The Kier molecular flexibility index (Phi) is 7.39. The lowest BCUT2D eigenvalue weighted by Crippen LogP contribution is -2.18. The number of carbonyl (C=O) groups is 2. The van der Waals surface area contributed by atoms with Crippen LogP contribution < -0.4 is 4.74 Å². The maximum atomic E-state index is 12.9. The number of unbranched alkanes of at least 4 members (excludes halogenated alkanes) is 1. The van der Waals surface area contributed by atoms with Gasteiger partial charge in [0.1, 0.15) is 11.6 Å². The van der Waals surface area contributed by atoms with Gasteiger partial charge < -0.3 is 9.84 Å². The molecule has 0 amide bonds. The van der Waals surface area contributed by atoms with Crippen LogP contribution in [-0.2, 0) is 9.59 Å². The fourth-order valence-electron chi connectivity index (χ4n) is 4.27. The minimum Gasteiger partial charge on any atom is -0.485 e. The van der Waals surface area contributed by atoms with E-state index in [0.717, 1.165) is 19.3 Å². The van der Waals surface area contributed by atoms with Gasteiger partial charge in [-0.25, -0.2) is 4.39 Å². The monoisotopic (exact) mass is 398 g/mol. The van der Waals surface area contributed by atoms with E-state index in [4.69, 9.17) is 9.84 Å². The Hall–Kier alpha value is -2.69. The molecule has 0 aromatic heterocycles. The minimum absolute atomic E-state index is 0.0626. The molecule has 4 nitrogen and oxygen atoms in total. The van der Waals surface area contributed by atoms with Crippen LogP contribution in [0.3, 0.4) is 0 Å². The van der Waals surface area contributed by atoms with E-state index in [9.17, 15) is 14.0 Å². The number of halogens is 1. The van der Waals surface area contributed by atoms with E-state index in [1.165, 1.54) is 24.3 Å². The zero-order chi connectivity index (χ0) is 20.6. The Morgan fingerprint density at radius 2 is 1.90 bits per heavy atom. The lowest BCUT2D eigenvalue weighted by Gasteiger charge is -2.24. The highest BCUT2D eigenvalue weighted by Gasteiger charge is 2.42. The van der Waals surface area contributed by atoms with Crippen LogP contribution in [-0.4, -0.2) is 23.5 Å². The first-order valence-electron chi connectivity index (χ1n) is 10.2. The Labute approximate surface area is 170 Å². The van der Waals surface area contributed by atoms with Crippen LogP contribution in [0.1, 0.15) is 32.1 Å². The number of benzene rings is 1. The molecular weight excluding hydrogens is 371 g/mol. The van der Waals surface area contributed by atoms with E-state index >= 15 is 0 Å². The van der Waals surface area contributed by atoms with E-state index in [1.54, 1.807) is 6.08 Å². The summed E-state index contributed by atoms with van der Waals surface area (Å²) in [5, 5.41) is 8.68. The van der Waals surface area contributed by atoms with Crippen molar-refractivity contribution < 1.29 is 23.8 Å². The summed E-state index contributed by atoms with van der Waals surface area (Å²) in [4.78, 5) is 22.7. The molecule has 4 atom stereocenters. The molecule has 5 heteroatoms. The Bertz CT molecular complexity index is 794. The van der Waals surface area contributed by atoms with Crippen molar-refractivity contribution in [2.24, 2.45) is 23.7 Å².